The van der Waals surface area contributed by atoms with E-state index in [-0.39, 0.29) is 6.42 Å². The molecule has 3 nitrogen and oxygen atoms in total. The van der Waals surface area contributed by atoms with Crippen LogP contribution in [-0.4, -0.2) is 18.1 Å². The Kier molecular flexibility index (Phi) is 3.03. The SMILES string of the molecule is CCC(=O)OC(=O)C(F)(F)F. The van der Waals surface area contributed by atoms with Gasteiger partial charge >= 0.3 is 18.1 Å². The summed E-state index contributed by atoms with van der Waals surface area (Å²) in [6.07, 6.45) is -5.35. The van der Waals surface area contributed by atoms with Gasteiger partial charge in [0.2, 0.25) is 0 Å². The van der Waals surface area contributed by atoms with Crippen LogP contribution in [0.2, 0.25) is 0 Å². The molecule has 0 aromatic rings. The number of carbonyl (C=O) groups excluding carboxylic acids is 2. The Morgan fingerprint density at radius 2 is 1.82 bits per heavy atom. The normalized spacial score (nSPS) is 10.9. The molecule has 6 heteroatoms. The fourth-order valence-corrected chi connectivity index (χ4v) is 0.233. The van der Waals surface area contributed by atoms with Gasteiger partial charge in [-0.2, -0.15) is 13.2 Å². The summed E-state index contributed by atoms with van der Waals surface area (Å²) < 4.78 is 37.3. The first-order chi connectivity index (χ1) is 4.88. The molecule has 0 fully saturated rings. The van der Waals surface area contributed by atoms with Crippen LogP contribution in [0.3, 0.4) is 0 Å². The van der Waals surface area contributed by atoms with Gasteiger partial charge in [-0.1, -0.05) is 6.92 Å². The van der Waals surface area contributed by atoms with Crippen molar-refractivity contribution in [2.24, 2.45) is 0 Å². The summed E-state index contributed by atoms with van der Waals surface area (Å²) in [4.78, 5) is 20.0. The molecule has 0 aromatic heterocycles. The highest BCUT2D eigenvalue weighted by atomic mass is 19.4. The molecule has 0 atom stereocenters. The molecule has 0 aliphatic heterocycles. The Balaban J connectivity index is 3.99. The van der Waals surface area contributed by atoms with E-state index < -0.39 is 18.1 Å². The zero-order chi connectivity index (χ0) is 9.07. The van der Waals surface area contributed by atoms with Gasteiger partial charge in [0.1, 0.15) is 0 Å². The second-order valence-electron chi connectivity index (χ2n) is 1.61. The van der Waals surface area contributed by atoms with Gasteiger partial charge in [-0.3, -0.25) is 4.79 Å². The van der Waals surface area contributed by atoms with Crippen molar-refractivity contribution >= 4 is 11.9 Å². The number of hydrogen-bond acceptors (Lipinski definition) is 3. The van der Waals surface area contributed by atoms with Gasteiger partial charge in [0.15, 0.2) is 0 Å². The number of rotatable bonds is 1. The quantitative estimate of drug-likeness (QED) is 0.436. The fraction of sp³-hybridized carbons (Fsp3) is 0.600. The summed E-state index contributed by atoms with van der Waals surface area (Å²) >= 11 is 0. The predicted octanol–water partition coefficient (Wildman–Crippen LogP) is 1.03. The maximum absolute atomic E-state index is 11.3. The Bertz CT molecular complexity index is 172. The van der Waals surface area contributed by atoms with Crippen LogP contribution < -0.4 is 0 Å². The summed E-state index contributed by atoms with van der Waals surface area (Å²) in [7, 11) is 0. The molecule has 0 bridgehead atoms. The van der Waals surface area contributed by atoms with Crippen LogP contribution in [0, 0.1) is 0 Å². The fourth-order valence-electron chi connectivity index (χ4n) is 0.233. The molecule has 0 aliphatic carbocycles. The number of carbonyl (C=O) groups is 2. The van der Waals surface area contributed by atoms with Crippen molar-refractivity contribution < 1.29 is 27.5 Å². The van der Waals surface area contributed by atoms with Crippen LogP contribution in [-0.2, 0) is 14.3 Å². The van der Waals surface area contributed by atoms with Crippen LogP contribution in [0.5, 0.6) is 0 Å². The van der Waals surface area contributed by atoms with Crippen molar-refractivity contribution in [2.75, 3.05) is 0 Å². The smallest absolute Gasteiger partial charge is 0.386 e. The van der Waals surface area contributed by atoms with Gasteiger partial charge in [-0.25, -0.2) is 4.79 Å². The summed E-state index contributed by atoms with van der Waals surface area (Å²) in [6.45, 7) is 1.28. The molecule has 0 spiro atoms. The van der Waals surface area contributed by atoms with E-state index in [1.54, 1.807) is 0 Å². The van der Waals surface area contributed by atoms with Crippen molar-refractivity contribution in [2.45, 2.75) is 19.5 Å². The third-order valence-corrected chi connectivity index (χ3v) is 0.727. The topological polar surface area (TPSA) is 43.4 Å². The minimum Gasteiger partial charge on any atom is -0.386 e. The van der Waals surface area contributed by atoms with E-state index in [4.69, 9.17) is 0 Å². The third kappa shape index (κ3) is 3.59. The zero-order valence-electron chi connectivity index (χ0n) is 5.57. The molecule has 0 aliphatic rings. The maximum Gasteiger partial charge on any atom is 0.491 e. The Morgan fingerprint density at radius 1 is 1.36 bits per heavy atom. The maximum atomic E-state index is 11.3. The Morgan fingerprint density at radius 3 is 2.09 bits per heavy atom. The molecule has 64 valence electrons. The minimum atomic E-state index is -5.09. The Labute approximate surface area is 60.1 Å². The van der Waals surface area contributed by atoms with Crippen LogP contribution in [0.1, 0.15) is 13.3 Å². The van der Waals surface area contributed by atoms with Crippen molar-refractivity contribution in [1.29, 1.82) is 0 Å². The molecule has 0 saturated carbocycles. The lowest BCUT2D eigenvalue weighted by molar-refractivity contribution is -0.201. The standard InChI is InChI=1S/C5H5F3O3/c1-2-3(9)11-4(10)5(6,7)8/h2H2,1H3. The van der Waals surface area contributed by atoms with E-state index in [1.807, 2.05) is 0 Å². The van der Waals surface area contributed by atoms with Crippen molar-refractivity contribution in [3.8, 4) is 0 Å². The molecule has 0 amide bonds. The summed E-state index contributed by atoms with van der Waals surface area (Å²) in [5.41, 5.74) is 0. The summed E-state index contributed by atoms with van der Waals surface area (Å²) in [6, 6.07) is 0. The van der Waals surface area contributed by atoms with E-state index in [0.29, 0.717) is 0 Å². The van der Waals surface area contributed by atoms with Crippen molar-refractivity contribution in [3.63, 3.8) is 0 Å². The largest absolute Gasteiger partial charge is 0.491 e. The lowest BCUT2D eigenvalue weighted by Gasteiger charge is -2.03. The Hall–Kier alpha value is -1.07. The minimum absolute atomic E-state index is 0.262. The molecular weight excluding hydrogens is 165 g/mol. The highest BCUT2D eigenvalue weighted by Gasteiger charge is 2.42. The molecule has 0 heterocycles. The van der Waals surface area contributed by atoms with Crippen molar-refractivity contribution in [1.82, 2.24) is 0 Å². The molecule has 0 rings (SSSR count). The first kappa shape index (κ1) is 9.93. The third-order valence-electron chi connectivity index (χ3n) is 0.727. The van der Waals surface area contributed by atoms with E-state index >= 15 is 0 Å². The first-order valence-electron chi connectivity index (χ1n) is 2.69. The summed E-state index contributed by atoms with van der Waals surface area (Å²) in [5, 5.41) is 0. The van der Waals surface area contributed by atoms with Gasteiger partial charge < -0.3 is 4.74 Å². The second kappa shape index (κ2) is 3.36. The van der Waals surface area contributed by atoms with Gasteiger partial charge in [-0.05, 0) is 0 Å². The van der Waals surface area contributed by atoms with Crippen LogP contribution >= 0.6 is 0 Å². The zero-order valence-corrected chi connectivity index (χ0v) is 5.57. The molecule has 0 unspecified atom stereocenters. The number of alkyl halides is 3. The van der Waals surface area contributed by atoms with E-state index in [2.05, 4.69) is 4.74 Å². The highest BCUT2D eigenvalue weighted by Crippen LogP contribution is 2.16. The van der Waals surface area contributed by atoms with Crippen molar-refractivity contribution in [3.05, 3.63) is 0 Å². The van der Waals surface area contributed by atoms with Crippen LogP contribution in [0.15, 0.2) is 0 Å². The van der Waals surface area contributed by atoms with Gasteiger partial charge in [0.05, 0.1) is 0 Å². The molecule has 0 aromatic carbocycles. The van der Waals surface area contributed by atoms with Crippen LogP contribution in [0.4, 0.5) is 13.2 Å². The monoisotopic (exact) mass is 170 g/mol. The lowest BCUT2D eigenvalue weighted by atomic mass is 10.5. The van der Waals surface area contributed by atoms with Gasteiger partial charge in [0.25, 0.3) is 0 Å². The van der Waals surface area contributed by atoms with E-state index in [1.165, 1.54) is 6.92 Å². The highest BCUT2D eigenvalue weighted by molar-refractivity contribution is 5.88. The second-order valence-corrected chi connectivity index (χ2v) is 1.61. The molecule has 11 heavy (non-hydrogen) atoms. The predicted molar refractivity (Wildman–Crippen MR) is 27.4 cm³/mol. The van der Waals surface area contributed by atoms with Gasteiger partial charge in [0, 0.05) is 6.42 Å². The number of ether oxygens (including phenoxy) is 1. The summed E-state index contributed by atoms with van der Waals surface area (Å²) in [5.74, 6) is -3.66. The van der Waals surface area contributed by atoms with Gasteiger partial charge in [-0.15, -0.1) is 0 Å². The van der Waals surface area contributed by atoms with E-state index in [9.17, 15) is 22.8 Å². The molecule has 0 saturated heterocycles. The lowest BCUT2D eigenvalue weighted by Crippen LogP contribution is -2.27. The number of esters is 2. The van der Waals surface area contributed by atoms with E-state index in [0.717, 1.165) is 0 Å². The van der Waals surface area contributed by atoms with Crippen LogP contribution in [0.25, 0.3) is 0 Å². The molecule has 0 N–H and O–H groups in total. The average molecular weight is 170 g/mol. The average Bonchev–Trinajstić information content (AvgIpc) is 1.85. The first-order valence-corrected chi connectivity index (χ1v) is 2.69. The molecular formula is C5H5F3O3. The number of halogens is 3. The molecule has 0 radical (unpaired) electrons. The number of hydrogen-bond donors (Lipinski definition) is 0.